The Bertz CT molecular complexity index is 309. The molecule has 2 atom stereocenters. The molecule has 112 valence electrons. The van der Waals surface area contributed by atoms with E-state index in [4.69, 9.17) is 0 Å². The minimum absolute atomic E-state index is 0.528. The zero-order valence-electron chi connectivity index (χ0n) is 14.4. The van der Waals surface area contributed by atoms with Gasteiger partial charge in [0.2, 0.25) is 0 Å². The molecule has 0 aromatic carbocycles. The number of hydrogen-bond acceptors (Lipinski definition) is 0. The van der Waals surface area contributed by atoms with Gasteiger partial charge in [-0.1, -0.05) is 60.8 Å². The van der Waals surface area contributed by atoms with Gasteiger partial charge in [0, 0.05) is 0 Å². The first-order valence-electron chi connectivity index (χ1n) is 8.70. The van der Waals surface area contributed by atoms with Crippen LogP contribution in [0.2, 0.25) is 0 Å². The molecule has 0 spiro atoms. The van der Waals surface area contributed by atoms with Gasteiger partial charge in [0.05, 0.1) is 0 Å². The topological polar surface area (TPSA) is 0 Å². The lowest BCUT2D eigenvalue weighted by Gasteiger charge is -2.39. The van der Waals surface area contributed by atoms with Crippen LogP contribution in [0.3, 0.4) is 0 Å². The van der Waals surface area contributed by atoms with Crippen molar-refractivity contribution < 1.29 is 0 Å². The van der Waals surface area contributed by atoms with Crippen LogP contribution in [0, 0.1) is 21.7 Å². The average molecular weight is 264 g/mol. The molecule has 2 saturated carbocycles. The quantitative estimate of drug-likeness (QED) is 0.525. The largest absolute Gasteiger partial charge is 0.0654 e. The smallest absolute Gasteiger partial charge is 0.0266 e. The summed E-state index contributed by atoms with van der Waals surface area (Å²) in [5, 5.41) is 0. The van der Waals surface area contributed by atoms with E-state index in [9.17, 15) is 0 Å². The Kier molecular flexibility index (Phi) is 3.87. The summed E-state index contributed by atoms with van der Waals surface area (Å²) < 4.78 is 0. The molecular formula is C19H36. The number of fused-ring (bicyclic) bond motifs is 1. The van der Waals surface area contributed by atoms with Crippen LogP contribution in [0.25, 0.3) is 0 Å². The van der Waals surface area contributed by atoms with Crippen LogP contribution in [0.15, 0.2) is 0 Å². The van der Waals surface area contributed by atoms with E-state index in [0.717, 1.165) is 0 Å². The lowest BCUT2D eigenvalue weighted by Crippen LogP contribution is -2.27. The number of hydrogen-bond donors (Lipinski definition) is 0. The van der Waals surface area contributed by atoms with Gasteiger partial charge in [0.1, 0.15) is 0 Å². The molecule has 0 aromatic rings. The maximum absolute atomic E-state index is 2.61. The summed E-state index contributed by atoms with van der Waals surface area (Å²) in [5.41, 5.74) is 2.47. The van der Waals surface area contributed by atoms with Crippen LogP contribution >= 0.6 is 0 Å². The Labute approximate surface area is 121 Å². The molecule has 2 fully saturated rings. The van der Waals surface area contributed by atoms with Gasteiger partial charge in [-0.25, -0.2) is 0 Å². The molecule has 2 aliphatic rings. The fraction of sp³-hybridized carbons (Fsp3) is 1.00. The zero-order chi connectivity index (χ0) is 14.4. The van der Waals surface area contributed by atoms with Crippen molar-refractivity contribution in [3.63, 3.8) is 0 Å². The summed E-state index contributed by atoms with van der Waals surface area (Å²) in [4.78, 5) is 0. The van der Waals surface area contributed by atoms with Gasteiger partial charge in [-0.15, -0.1) is 0 Å². The van der Waals surface area contributed by atoms with Crippen LogP contribution in [0.5, 0.6) is 0 Å². The van der Waals surface area contributed by atoms with Crippen LogP contribution in [0.4, 0.5) is 0 Å². The highest BCUT2D eigenvalue weighted by molar-refractivity contribution is 5.10. The van der Waals surface area contributed by atoms with Crippen LogP contribution < -0.4 is 0 Å². The zero-order valence-corrected chi connectivity index (χ0v) is 14.4. The minimum Gasteiger partial charge on any atom is -0.0654 e. The second kappa shape index (κ2) is 4.78. The Hall–Kier alpha value is 0. The average Bonchev–Trinajstić information content (AvgIpc) is 2.63. The predicted octanol–water partition coefficient (Wildman–Crippen LogP) is 6.59. The summed E-state index contributed by atoms with van der Waals surface area (Å²) >= 11 is 0. The van der Waals surface area contributed by atoms with E-state index in [0.29, 0.717) is 21.7 Å². The molecule has 2 unspecified atom stereocenters. The molecule has 0 heteroatoms. The van der Waals surface area contributed by atoms with Gasteiger partial charge in [-0.05, 0) is 60.2 Å². The Balaban J connectivity index is 2.24. The highest BCUT2D eigenvalue weighted by atomic mass is 14.6. The Morgan fingerprint density at radius 3 is 1.89 bits per heavy atom. The molecule has 0 aliphatic heterocycles. The van der Waals surface area contributed by atoms with Crippen molar-refractivity contribution in [2.24, 2.45) is 21.7 Å². The lowest BCUT2D eigenvalue weighted by atomic mass is 9.66. The van der Waals surface area contributed by atoms with E-state index in [2.05, 4.69) is 41.5 Å². The van der Waals surface area contributed by atoms with E-state index in [1.165, 1.54) is 57.8 Å². The monoisotopic (exact) mass is 264 g/mol. The predicted molar refractivity (Wildman–Crippen MR) is 85.3 cm³/mol. The van der Waals surface area contributed by atoms with Crippen molar-refractivity contribution in [3.05, 3.63) is 0 Å². The maximum atomic E-state index is 2.61. The molecule has 0 nitrogen and oxygen atoms in total. The van der Waals surface area contributed by atoms with Crippen molar-refractivity contribution in [2.75, 3.05) is 0 Å². The molecule has 0 aromatic heterocycles. The first-order chi connectivity index (χ1) is 8.70. The Morgan fingerprint density at radius 1 is 0.947 bits per heavy atom. The standard InChI is InChI=1S/C19H36/c1-7-10-19(13-16(3,4)8-2)14-17(5)11-9-12-18(17,6)15-19/h7-15H2,1-6H3. The summed E-state index contributed by atoms with van der Waals surface area (Å²) in [6.45, 7) is 15.0. The second-order valence-electron chi connectivity index (χ2n) is 9.27. The maximum Gasteiger partial charge on any atom is -0.0266 e. The third-order valence-electron chi connectivity index (χ3n) is 7.04. The molecule has 0 amide bonds. The third-order valence-corrected chi connectivity index (χ3v) is 7.04. The molecular weight excluding hydrogens is 228 g/mol. The van der Waals surface area contributed by atoms with Gasteiger partial charge in [-0.2, -0.15) is 0 Å². The van der Waals surface area contributed by atoms with Crippen LogP contribution in [-0.4, -0.2) is 0 Å². The molecule has 19 heavy (non-hydrogen) atoms. The molecule has 0 heterocycles. The summed E-state index contributed by atoms with van der Waals surface area (Å²) in [5.74, 6) is 0. The van der Waals surface area contributed by atoms with Crippen molar-refractivity contribution in [1.29, 1.82) is 0 Å². The van der Waals surface area contributed by atoms with Gasteiger partial charge < -0.3 is 0 Å². The Morgan fingerprint density at radius 2 is 1.47 bits per heavy atom. The van der Waals surface area contributed by atoms with Gasteiger partial charge in [0.15, 0.2) is 0 Å². The van der Waals surface area contributed by atoms with Gasteiger partial charge in [-0.3, -0.25) is 0 Å². The van der Waals surface area contributed by atoms with Gasteiger partial charge in [0.25, 0.3) is 0 Å². The van der Waals surface area contributed by atoms with E-state index in [-0.39, 0.29) is 0 Å². The molecule has 0 N–H and O–H groups in total. The fourth-order valence-electron chi connectivity index (χ4n) is 5.85. The van der Waals surface area contributed by atoms with Crippen molar-refractivity contribution >= 4 is 0 Å². The molecule has 2 aliphatic carbocycles. The molecule has 0 saturated heterocycles. The van der Waals surface area contributed by atoms with E-state index < -0.39 is 0 Å². The first kappa shape index (κ1) is 15.4. The highest BCUT2D eigenvalue weighted by Crippen LogP contribution is 2.70. The van der Waals surface area contributed by atoms with Gasteiger partial charge >= 0.3 is 0 Å². The molecule has 2 rings (SSSR count). The summed E-state index contributed by atoms with van der Waals surface area (Å²) in [7, 11) is 0. The van der Waals surface area contributed by atoms with Crippen molar-refractivity contribution in [1.82, 2.24) is 0 Å². The van der Waals surface area contributed by atoms with E-state index in [1.807, 2.05) is 0 Å². The SMILES string of the molecule is CCCC1(CC(C)(C)CC)CC2(C)CCCC2(C)C1. The molecule has 0 bridgehead atoms. The first-order valence-corrected chi connectivity index (χ1v) is 8.70. The normalized spacial score (nSPS) is 42.6. The fourth-order valence-corrected chi connectivity index (χ4v) is 5.85. The van der Waals surface area contributed by atoms with E-state index >= 15 is 0 Å². The van der Waals surface area contributed by atoms with Crippen LogP contribution in [0.1, 0.15) is 99.3 Å². The highest BCUT2D eigenvalue weighted by Gasteiger charge is 2.60. The third kappa shape index (κ3) is 2.61. The van der Waals surface area contributed by atoms with Crippen molar-refractivity contribution in [2.45, 2.75) is 99.3 Å². The second-order valence-corrected chi connectivity index (χ2v) is 9.27. The summed E-state index contributed by atoms with van der Waals surface area (Å²) in [6.07, 6.45) is 13.1. The lowest BCUT2D eigenvalue weighted by molar-refractivity contribution is 0.123. The van der Waals surface area contributed by atoms with Crippen LogP contribution in [-0.2, 0) is 0 Å². The summed E-state index contributed by atoms with van der Waals surface area (Å²) in [6, 6.07) is 0. The molecule has 0 radical (unpaired) electrons. The van der Waals surface area contributed by atoms with Crippen molar-refractivity contribution in [3.8, 4) is 0 Å². The number of rotatable bonds is 5. The minimum atomic E-state index is 0.528. The van der Waals surface area contributed by atoms with E-state index in [1.54, 1.807) is 0 Å².